The number of carbonyl (C=O) groups excluding carboxylic acids is 2. The molecule has 4 rings (SSSR count). The standard InChI is InChI=1S/C19H31NO.C16H23N3O2.C9H21N/c1-19(2,3)15-17-10-13-20(14-11-17)12-9-16-5-7-18(21-4)8-6-16;1-15(2,3)17-10-11-19-13(20)16(4,18-14(19)21)12-8-6-5-7-9-12;1-9(2,3)7-6-8-10(4)5/h5-8,17H,9-15H2,1-4H3;5-9,17H,10-11H2,1-4H3,(H,18,21);6-8H2,1-5H3. The molecule has 294 valence electrons. The molecule has 2 heterocycles. The molecule has 1 atom stereocenters. The summed E-state index contributed by atoms with van der Waals surface area (Å²) in [7, 11) is 5.97. The highest BCUT2D eigenvalue weighted by molar-refractivity contribution is 6.07. The predicted octanol–water partition coefficient (Wildman–Crippen LogP) is 8.60. The number of nitrogens with one attached hydrogen (secondary N) is 2. The van der Waals surface area contributed by atoms with Crippen molar-refractivity contribution in [3.8, 4) is 5.75 Å². The fourth-order valence-corrected chi connectivity index (χ4v) is 6.70. The Morgan fingerprint density at radius 2 is 1.46 bits per heavy atom. The normalized spacial score (nSPS) is 18.8. The van der Waals surface area contributed by atoms with Crippen molar-refractivity contribution in [2.75, 3.05) is 60.5 Å². The number of urea groups is 1. The number of likely N-dealkylation sites (tertiary alicyclic amines) is 1. The van der Waals surface area contributed by atoms with Gasteiger partial charge in [-0.15, -0.1) is 0 Å². The van der Waals surface area contributed by atoms with Gasteiger partial charge in [0.25, 0.3) is 5.91 Å². The van der Waals surface area contributed by atoms with Gasteiger partial charge in [-0.25, -0.2) is 4.79 Å². The lowest BCUT2D eigenvalue weighted by molar-refractivity contribution is -0.131. The molecule has 8 nitrogen and oxygen atoms in total. The summed E-state index contributed by atoms with van der Waals surface area (Å²) in [5, 5.41) is 6.09. The van der Waals surface area contributed by atoms with Crippen LogP contribution in [0.15, 0.2) is 54.6 Å². The van der Waals surface area contributed by atoms with Crippen molar-refractivity contribution in [3.63, 3.8) is 0 Å². The molecule has 52 heavy (non-hydrogen) atoms. The Morgan fingerprint density at radius 1 is 0.865 bits per heavy atom. The number of rotatable bonds is 12. The van der Waals surface area contributed by atoms with E-state index in [1.807, 2.05) is 51.1 Å². The van der Waals surface area contributed by atoms with E-state index in [4.69, 9.17) is 4.74 Å². The van der Waals surface area contributed by atoms with Gasteiger partial charge in [0.15, 0.2) is 0 Å². The maximum Gasteiger partial charge on any atom is 0.325 e. The number of hydrogen-bond donors (Lipinski definition) is 2. The third-order valence-corrected chi connectivity index (χ3v) is 9.63. The van der Waals surface area contributed by atoms with Crippen molar-refractivity contribution in [1.29, 1.82) is 0 Å². The van der Waals surface area contributed by atoms with Gasteiger partial charge in [-0.05, 0) is 140 Å². The molecule has 3 amide bonds. The number of amides is 3. The average molecular weight is 722 g/mol. The number of ether oxygens (including phenoxy) is 1. The Balaban J connectivity index is 0.000000289. The van der Waals surface area contributed by atoms with Gasteiger partial charge in [0.05, 0.1) is 7.11 Å². The molecule has 2 aromatic carbocycles. The fraction of sp³-hybridized carbons (Fsp3) is 0.682. The molecular formula is C44H75N5O3. The van der Waals surface area contributed by atoms with Crippen LogP contribution >= 0.6 is 0 Å². The first-order valence-electron chi connectivity index (χ1n) is 19.6. The Kier molecular flexibility index (Phi) is 17.8. The zero-order valence-corrected chi connectivity index (χ0v) is 35.3. The molecule has 2 aromatic rings. The van der Waals surface area contributed by atoms with Gasteiger partial charge < -0.3 is 25.2 Å². The monoisotopic (exact) mass is 722 g/mol. The van der Waals surface area contributed by atoms with Crippen molar-refractivity contribution < 1.29 is 14.3 Å². The molecule has 2 aliphatic heterocycles. The second-order valence-electron chi connectivity index (χ2n) is 18.7. The molecule has 0 saturated carbocycles. The molecule has 2 saturated heterocycles. The van der Waals surface area contributed by atoms with Gasteiger partial charge in [0.1, 0.15) is 11.3 Å². The van der Waals surface area contributed by atoms with E-state index in [0.29, 0.717) is 23.9 Å². The lowest BCUT2D eigenvalue weighted by atomic mass is 9.80. The van der Waals surface area contributed by atoms with Gasteiger partial charge in [-0.3, -0.25) is 9.69 Å². The van der Waals surface area contributed by atoms with E-state index in [2.05, 4.69) is 100 Å². The van der Waals surface area contributed by atoms with Crippen LogP contribution in [0, 0.1) is 16.7 Å². The summed E-state index contributed by atoms with van der Waals surface area (Å²) in [6, 6.07) is 17.5. The van der Waals surface area contributed by atoms with Crippen LogP contribution in [0.4, 0.5) is 4.79 Å². The highest BCUT2D eigenvalue weighted by Gasteiger charge is 2.48. The molecule has 0 spiro atoms. The minimum Gasteiger partial charge on any atom is -0.497 e. The number of carbonyl (C=O) groups is 2. The second-order valence-corrected chi connectivity index (χ2v) is 18.7. The molecule has 2 aliphatic rings. The summed E-state index contributed by atoms with van der Waals surface area (Å²) in [4.78, 5) is 30.9. The molecule has 0 aromatic heterocycles. The first-order valence-corrected chi connectivity index (χ1v) is 19.6. The molecule has 8 heteroatoms. The van der Waals surface area contributed by atoms with Crippen LogP contribution in [0.25, 0.3) is 0 Å². The van der Waals surface area contributed by atoms with Gasteiger partial charge in [0.2, 0.25) is 0 Å². The summed E-state index contributed by atoms with van der Waals surface area (Å²) >= 11 is 0. The molecule has 0 bridgehead atoms. The van der Waals surface area contributed by atoms with Crippen molar-refractivity contribution in [2.24, 2.45) is 16.7 Å². The van der Waals surface area contributed by atoms with Crippen LogP contribution in [-0.2, 0) is 16.8 Å². The average Bonchev–Trinajstić information content (AvgIpc) is 3.27. The molecule has 0 radical (unpaired) electrons. The van der Waals surface area contributed by atoms with E-state index in [9.17, 15) is 9.59 Å². The van der Waals surface area contributed by atoms with E-state index in [1.54, 1.807) is 14.0 Å². The van der Waals surface area contributed by atoms with Crippen LogP contribution < -0.4 is 15.4 Å². The van der Waals surface area contributed by atoms with E-state index in [1.165, 1.54) is 68.7 Å². The maximum atomic E-state index is 12.6. The number of benzene rings is 2. The lowest BCUT2D eigenvalue weighted by Crippen LogP contribution is -2.44. The van der Waals surface area contributed by atoms with Crippen molar-refractivity contribution in [3.05, 3.63) is 65.7 Å². The number of hydrogen-bond acceptors (Lipinski definition) is 6. The summed E-state index contributed by atoms with van der Waals surface area (Å²) in [5.74, 6) is 1.68. The third kappa shape index (κ3) is 17.3. The van der Waals surface area contributed by atoms with Crippen molar-refractivity contribution >= 4 is 11.9 Å². The number of imide groups is 1. The van der Waals surface area contributed by atoms with Crippen LogP contribution in [0.2, 0.25) is 0 Å². The molecule has 2 N–H and O–H groups in total. The predicted molar refractivity (Wildman–Crippen MR) is 219 cm³/mol. The minimum absolute atomic E-state index is 0.0397. The van der Waals surface area contributed by atoms with Gasteiger partial charge in [0, 0.05) is 25.2 Å². The molecule has 0 aliphatic carbocycles. The highest BCUT2D eigenvalue weighted by Crippen LogP contribution is 2.31. The lowest BCUT2D eigenvalue weighted by Gasteiger charge is -2.35. The topological polar surface area (TPSA) is 77.2 Å². The number of nitrogens with zero attached hydrogens (tertiary/aromatic N) is 3. The summed E-state index contributed by atoms with van der Waals surface area (Å²) in [6.45, 7) is 27.8. The minimum atomic E-state index is -0.972. The summed E-state index contributed by atoms with van der Waals surface area (Å²) in [6.07, 6.45) is 7.91. The Hall–Kier alpha value is -2.94. The quantitative estimate of drug-likeness (QED) is 0.214. The Morgan fingerprint density at radius 3 is 1.96 bits per heavy atom. The first-order chi connectivity index (χ1) is 24.1. The van der Waals surface area contributed by atoms with Crippen LogP contribution in [0.3, 0.4) is 0 Å². The Bertz CT molecular complexity index is 1320. The van der Waals surface area contributed by atoms with Crippen LogP contribution in [-0.4, -0.2) is 92.7 Å². The summed E-state index contributed by atoms with van der Waals surface area (Å²) in [5.41, 5.74) is 2.19. The summed E-state index contributed by atoms with van der Waals surface area (Å²) < 4.78 is 5.20. The first kappa shape index (κ1) is 45.2. The van der Waals surface area contributed by atoms with Crippen LogP contribution in [0.1, 0.15) is 112 Å². The van der Waals surface area contributed by atoms with Gasteiger partial charge >= 0.3 is 6.03 Å². The fourth-order valence-electron chi connectivity index (χ4n) is 6.70. The third-order valence-electron chi connectivity index (χ3n) is 9.63. The largest absolute Gasteiger partial charge is 0.497 e. The smallest absolute Gasteiger partial charge is 0.325 e. The van der Waals surface area contributed by atoms with Gasteiger partial charge in [-0.2, -0.15) is 0 Å². The van der Waals surface area contributed by atoms with Gasteiger partial charge in [-0.1, -0.05) is 84.0 Å². The Labute approximate surface area is 318 Å². The van der Waals surface area contributed by atoms with Crippen LogP contribution in [0.5, 0.6) is 5.75 Å². The molecule has 2 fully saturated rings. The molecular weight excluding hydrogens is 647 g/mol. The van der Waals surface area contributed by atoms with Crippen molar-refractivity contribution in [2.45, 2.75) is 119 Å². The van der Waals surface area contributed by atoms with E-state index >= 15 is 0 Å². The van der Waals surface area contributed by atoms with Crippen molar-refractivity contribution in [1.82, 2.24) is 25.3 Å². The van der Waals surface area contributed by atoms with E-state index < -0.39 is 5.54 Å². The SMILES string of the molecule is CC(C)(C)NCCN1C(=O)NC(C)(c2ccccc2)C1=O.CN(C)CCCC(C)(C)C.COc1ccc(CCN2CCC(CC(C)(C)C)CC2)cc1. The molecule has 1 unspecified atom stereocenters. The van der Waals surface area contributed by atoms with E-state index in [-0.39, 0.29) is 17.5 Å². The second kappa shape index (κ2) is 20.5. The highest BCUT2D eigenvalue weighted by atomic mass is 16.5. The zero-order valence-electron chi connectivity index (χ0n) is 35.3. The van der Waals surface area contributed by atoms with E-state index in [0.717, 1.165) is 23.7 Å². The number of piperidine rings is 1. The number of methoxy groups -OCH3 is 1. The zero-order chi connectivity index (χ0) is 39.2. The maximum absolute atomic E-state index is 12.6.